The fourth-order valence-corrected chi connectivity index (χ4v) is 2.54. The van der Waals surface area contributed by atoms with Crippen molar-refractivity contribution in [2.75, 3.05) is 6.54 Å². The topological polar surface area (TPSA) is 84.2 Å². The highest BCUT2D eigenvalue weighted by Gasteiger charge is 2.17. The molecule has 0 radical (unpaired) electrons. The largest absolute Gasteiger partial charge is 0.354 e. The molecule has 0 aliphatic rings. The molecule has 1 rings (SSSR count). The van der Waals surface area contributed by atoms with E-state index in [0.717, 1.165) is 5.56 Å². The van der Waals surface area contributed by atoms with E-state index in [9.17, 15) is 9.59 Å². The van der Waals surface area contributed by atoms with Gasteiger partial charge in [0.05, 0.1) is 0 Å². The van der Waals surface area contributed by atoms with Crippen LogP contribution in [0.15, 0.2) is 18.2 Å². The van der Waals surface area contributed by atoms with Crippen molar-refractivity contribution in [3.05, 3.63) is 33.8 Å². The molecule has 1 aromatic carbocycles. The lowest BCUT2D eigenvalue weighted by Crippen LogP contribution is -2.47. The molecule has 0 fully saturated rings. The summed E-state index contributed by atoms with van der Waals surface area (Å²) in [4.78, 5) is 22.4. The molecule has 4 N–H and O–H groups in total. The maximum absolute atomic E-state index is 11.7. The summed E-state index contributed by atoms with van der Waals surface area (Å²) < 4.78 is 0. The van der Waals surface area contributed by atoms with Gasteiger partial charge in [0.15, 0.2) is 0 Å². The van der Waals surface area contributed by atoms with Crippen LogP contribution in [0.2, 0.25) is 10.0 Å². The Morgan fingerprint density at radius 2 is 1.80 bits per heavy atom. The number of primary amides is 1. The second-order valence-electron chi connectivity index (χ2n) is 4.51. The van der Waals surface area contributed by atoms with Gasteiger partial charge in [-0.15, -0.1) is 0 Å². The Balaban J connectivity index is 2.61. The van der Waals surface area contributed by atoms with Gasteiger partial charge in [-0.1, -0.05) is 36.2 Å². The molecule has 7 heteroatoms. The van der Waals surface area contributed by atoms with Crippen LogP contribution < -0.4 is 16.4 Å². The lowest BCUT2D eigenvalue weighted by atomic mass is 10.0. The van der Waals surface area contributed by atoms with Gasteiger partial charge in [-0.25, -0.2) is 4.79 Å². The maximum atomic E-state index is 11.7. The minimum atomic E-state index is -0.741. The number of nitrogens with one attached hydrogen (secondary N) is 2. The Labute approximate surface area is 127 Å². The van der Waals surface area contributed by atoms with Crippen molar-refractivity contribution in [3.8, 4) is 0 Å². The predicted molar refractivity (Wildman–Crippen MR) is 80.1 cm³/mol. The Bertz CT molecular complexity index is 488. The van der Waals surface area contributed by atoms with E-state index < -0.39 is 12.1 Å². The van der Waals surface area contributed by atoms with Crippen LogP contribution in [0.5, 0.6) is 0 Å². The highest BCUT2D eigenvalue weighted by Crippen LogP contribution is 2.30. The van der Waals surface area contributed by atoms with Crippen molar-refractivity contribution < 1.29 is 9.59 Å². The smallest absolute Gasteiger partial charge is 0.312 e. The van der Waals surface area contributed by atoms with E-state index in [4.69, 9.17) is 28.9 Å². The molecule has 3 amide bonds. The third kappa shape index (κ3) is 4.58. The standard InChI is InChI=1S/C13H17Cl2N3O2/c1-7(11-9(14)4-3-5-10(11)15)6-17-12(19)8(2)18-13(16)20/h3-5,7-8H,6H2,1-2H3,(H,17,19)(H3,16,18,20)/t7-,8+/m0/s1. The molecule has 0 saturated heterocycles. The number of urea groups is 1. The van der Waals surface area contributed by atoms with E-state index in [1.165, 1.54) is 0 Å². The average Bonchev–Trinajstić information content (AvgIpc) is 2.34. The van der Waals surface area contributed by atoms with Gasteiger partial charge in [-0.2, -0.15) is 0 Å². The molecule has 0 aromatic heterocycles. The number of amides is 3. The van der Waals surface area contributed by atoms with E-state index in [0.29, 0.717) is 16.6 Å². The van der Waals surface area contributed by atoms with Gasteiger partial charge in [-0.3, -0.25) is 4.79 Å². The number of nitrogens with two attached hydrogens (primary N) is 1. The third-order valence-corrected chi connectivity index (χ3v) is 3.49. The van der Waals surface area contributed by atoms with Crippen LogP contribution in [-0.2, 0) is 4.79 Å². The molecule has 1 aromatic rings. The van der Waals surface area contributed by atoms with Crippen LogP contribution in [-0.4, -0.2) is 24.5 Å². The molecule has 110 valence electrons. The van der Waals surface area contributed by atoms with Crippen molar-refractivity contribution in [1.82, 2.24) is 10.6 Å². The van der Waals surface area contributed by atoms with Crippen LogP contribution in [0.25, 0.3) is 0 Å². The number of hydrogen-bond donors (Lipinski definition) is 3. The molecule has 0 bridgehead atoms. The summed E-state index contributed by atoms with van der Waals surface area (Å²) >= 11 is 12.2. The number of halogens is 2. The number of benzene rings is 1. The van der Waals surface area contributed by atoms with Crippen LogP contribution >= 0.6 is 23.2 Å². The lowest BCUT2D eigenvalue weighted by Gasteiger charge is -2.18. The fraction of sp³-hybridized carbons (Fsp3) is 0.385. The Kier molecular flexibility index (Phi) is 6.10. The van der Waals surface area contributed by atoms with Gasteiger partial charge in [0.25, 0.3) is 0 Å². The van der Waals surface area contributed by atoms with Crippen molar-refractivity contribution in [3.63, 3.8) is 0 Å². The Hall–Kier alpha value is -1.46. The van der Waals surface area contributed by atoms with Crippen LogP contribution in [0.4, 0.5) is 4.79 Å². The molecule has 0 saturated carbocycles. The van der Waals surface area contributed by atoms with Gasteiger partial charge in [-0.05, 0) is 24.6 Å². The monoisotopic (exact) mass is 317 g/mol. The van der Waals surface area contributed by atoms with Gasteiger partial charge in [0, 0.05) is 22.5 Å². The molecule has 2 atom stereocenters. The first-order valence-electron chi connectivity index (χ1n) is 6.10. The van der Waals surface area contributed by atoms with Crippen molar-refractivity contribution in [2.24, 2.45) is 5.73 Å². The zero-order chi connectivity index (χ0) is 15.3. The van der Waals surface area contributed by atoms with E-state index in [1.54, 1.807) is 25.1 Å². The summed E-state index contributed by atoms with van der Waals surface area (Å²) in [5.41, 5.74) is 5.74. The van der Waals surface area contributed by atoms with Crippen LogP contribution in [0.3, 0.4) is 0 Å². The van der Waals surface area contributed by atoms with Crippen molar-refractivity contribution in [1.29, 1.82) is 0 Å². The first kappa shape index (κ1) is 16.6. The van der Waals surface area contributed by atoms with E-state index in [1.807, 2.05) is 6.92 Å². The summed E-state index contributed by atoms with van der Waals surface area (Å²) in [5.74, 6) is -0.375. The minimum Gasteiger partial charge on any atom is -0.354 e. The highest BCUT2D eigenvalue weighted by atomic mass is 35.5. The molecular weight excluding hydrogens is 301 g/mol. The Morgan fingerprint density at radius 1 is 1.25 bits per heavy atom. The summed E-state index contributed by atoms with van der Waals surface area (Å²) in [6.45, 7) is 3.81. The average molecular weight is 318 g/mol. The second-order valence-corrected chi connectivity index (χ2v) is 5.33. The first-order valence-corrected chi connectivity index (χ1v) is 6.86. The first-order chi connectivity index (χ1) is 9.32. The molecule has 0 aliphatic carbocycles. The van der Waals surface area contributed by atoms with Gasteiger partial charge >= 0.3 is 6.03 Å². The number of rotatable bonds is 5. The highest BCUT2D eigenvalue weighted by molar-refractivity contribution is 6.36. The SMILES string of the molecule is C[C@@H](NC(N)=O)C(=O)NC[C@H](C)c1c(Cl)cccc1Cl. The molecule has 5 nitrogen and oxygen atoms in total. The van der Waals surface area contributed by atoms with Gasteiger partial charge < -0.3 is 16.4 Å². The molecular formula is C13H17Cl2N3O2. The fourth-order valence-electron chi connectivity index (χ4n) is 1.77. The summed E-state index contributed by atoms with van der Waals surface area (Å²) in [7, 11) is 0. The Morgan fingerprint density at radius 3 is 2.30 bits per heavy atom. The van der Waals surface area contributed by atoms with Crippen molar-refractivity contribution >= 4 is 35.1 Å². The molecule has 20 heavy (non-hydrogen) atoms. The van der Waals surface area contributed by atoms with E-state index in [2.05, 4.69) is 10.6 Å². The van der Waals surface area contributed by atoms with E-state index >= 15 is 0 Å². The van der Waals surface area contributed by atoms with Gasteiger partial charge in [0.1, 0.15) is 6.04 Å². The number of carbonyl (C=O) groups is 2. The van der Waals surface area contributed by atoms with Crippen molar-refractivity contribution in [2.45, 2.75) is 25.8 Å². The zero-order valence-electron chi connectivity index (χ0n) is 11.2. The minimum absolute atomic E-state index is 0.0547. The normalized spacial score (nSPS) is 13.4. The molecule has 0 unspecified atom stereocenters. The molecule has 0 aliphatic heterocycles. The van der Waals surface area contributed by atoms with Gasteiger partial charge in [0.2, 0.25) is 5.91 Å². The second kappa shape index (κ2) is 7.36. The zero-order valence-corrected chi connectivity index (χ0v) is 12.8. The quantitative estimate of drug-likeness (QED) is 0.778. The summed E-state index contributed by atoms with van der Waals surface area (Å²) in [6.07, 6.45) is 0. The predicted octanol–water partition coefficient (Wildman–Crippen LogP) is 2.27. The third-order valence-electron chi connectivity index (χ3n) is 2.83. The van der Waals surface area contributed by atoms with Crippen LogP contribution in [0, 0.1) is 0 Å². The molecule has 0 heterocycles. The van der Waals surface area contributed by atoms with E-state index in [-0.39, 0.29) is 11.8 Å². The summed E-state index contributed by atoms with van der Waals surface area (Å²) in [5, 5.41) is 6.13. The maximum Gasteiger partial charge on any atom is 0.312 e. The number of hydrogen-bond acceptors (Lipinski definition) is 2. The van der Waals surface area contributed by atoms with Crippen LogP contribution in [0.1, 0.15) is 25.3 Å². The molecule has 0 spiro atoms. The lowest BCUT2D eigenvalue weighted by molar-refractivity contribution is -0.122. The summed E-state index contributed by atoms with van der Waals surface area (Å²) in [6, 6.07) is 3.82. The number of carbonyl (C=O) groups excluding carboxylic acids is 2.